The van der Waals surface area contributed by atoms with Crippen molar-refractivity contribution in [2.75, 3.05) is 0 Å². The van der Waals surface area contributed by atoms with Gasteiger partial charge in [-0.1, -0.05) is 18.2 Å². The molecule has 1 aliphatic heterocycles. The molecule has 2 aromatic heterocycles. The highest BCUT2D eigenvalue weighted by atomic mass is 32.1. The van der Waals surface area contributed by atoms with E-state index in [0.29, 0.717) is 11.5 Å². The maximum absolute atomic E-state index is 13.7. The van der Waals surface area contributed by atoms with Crippen LogP contribution in [-0.4, -0.2) is 16.9 Å². The van der Waals surface area contributed by atoms with Crippen LogP contribution in [-0.2, 0) is 0 Å². The number of aliphatic imine (C=N–C) groups is 2. The smallest absolute Gasteiger partial charge is 0.161 e. The molecule has 0 saturated carbocycles. The standard InChI is InChI=1S/C18H12FN3S/c19-13-5-1-4-12(10-13)17-14-6-2-8-20-18(14)21-11-15(22-17)16-7-3-9-23-16/h1-11,15H. The highest BCUT2D eigenvalue weighted by molar-refractivity contribution is 7.10. The summed E-state index contributed by atoms with van der Waals surface area (Å²) in [6.45, 7) is 0. The highest BCUT2D eigenvalue weighted by Gasteiger charge is 2.19. The Morgan fingerprint density at radius 1 is 1.04 bits per heavy atom. The minimum Gasteiger partial charge on any atom is -0.269 e. The van der Waals surface area contributed by atoms with Gasteiger partial charge in [0.2, 0.25) is 0 Å². The number of aromatic nitrogens is 1. The van der Waals surface area contributed by atoms with Gasteiger partial charge in [-0.15, -0.1) is 11.3 Å². The molecule has 112 valence electrons. The first-order valence-electron chi connectivity index (χ1n) is 7.18. The lowest BCUT2D eigenvalue weighted by Crippen LogP contribution is -2.06. The van der Waals surface area contributed by atoms with Crippen LogP contribution in [0.5, 0.6) is 0 Å². The molecular weight excluding hydrogens is 309 g/mol. The maximum Gasteiger partial charge on any atom is 0.161 e. The molecule has 3 nitrogen and oxygen atoms in total. The molecule has 0 saturated heterocycles. The van der Waals surface area contributed by atoms with E-state index in [1.54, 1.807) is 29.8 Å². The third-order valence-corrected chi connectivity index (χ3v) is 4.52. The molecule has 0 amide bonds. The maximum atomic E-state index is 13.7. The zero-order valence-electron chi connectivity index (χ0n) is 12.1. The van der Waals surface area contributed by atoms with Gasteiger partial charge in [-0.3, -0.25) is 4.99 Å². The topological polar surface area (TPSA) is 37.6 Å². The van der Waals surface area contributed by atoms with Gasteiger partial charge in [0.1, 0.15) is 11.9 Å². The third-order valence-electron chi connectivity index (χ3n) is 3.58. The molecule has 4 rings (SSSR count). The summed E-state index contributed by atoms with van der Waals surface area (Å²) in [6, 6.07) is 14.0. The molecule has 0 aliphatic carbocycles. The Balaban J connectivity index is 1.92. The summed E-state index contributed by atoms with van der Waals surface area (Å²) in [5, 5.41) is 2.01. The van der Waals surface area contributed by atoms with Gasteiger partial charge >= 0.3 is 0 Å². The zero-order valence-corrected chi connectivity index (χ0v) is 12.9. The summed E-state index contributed by atoms with van der Waals surface area (Å²) >= 11 is 1.62. The van der Waals surface area contributed by atoms with Crippen molar-refractivity contribution in [1.82, 2.24) is 4.98 Å². The van der Waals surface area contributed by atoms with Gasteiger partial charge in [0, 0.05) is 28.4 Å². The van der Waals surface area contributed by atoms with Crippen LogP contribution in [0.1, 0.15) is 22.0 Å². The summed E-state index contributed by atoms with van der Waals surface area (Å²) in [4.78, 5) is 14.7. The van der Waals surface area contributed by atoms with Crippen LogP contribution in [0.25, 0.3) is 0 Å². The predicted octanol–water partition coefficient (Wildman–Crippen LogP) is 4.58. The van der Waals surface area contributed by atoms with Crippen LogP contribution in [0, 0.1) is 5.82 Å². The Morgan fingerprint density at radius 3 is 2.83 bits per heavy atom. The summed E-state index contributed by atoms with van der Waals surface area (Å²) in [5.74, 6) is 0.322. The van der Waals surface area contributed by atoms with Gasteiger partial charge in [0.05, 0.1) is 5.71 Å². The van der Waals surface area contributed by atoms with E-state index >= 15 is 0 Å². The van der Waals surface area contributed by atoms with Gasteiger partial charge in [0.15, 0.2) is 5.82 Å². The molecule has 3 aromatic rings. The van der Waals surface area contributed by atoms with Crippen molar-refractivity contribution in [3.05, 3.63) is 81.9 Å². The van der Waals surface area contributed by atoms with Crippen LogP contribution in [0.2, 0.25) is 0 Å². The zero-order chi connectivity index (χ0) is 15.6. The van der Waals surface area contributed by atoms with E-state index in [4.69, 9.17) is 4.99 Å². The molecule has 0 spiro atoms. The molecule has 1 aromatic carbocycles. The summed E-state index contributed by atoms with van der Waals surface area (Å²) in [6.07, 6.45) is 3.49. The van der Waals surface area contributed by atoms with E-state index in [-0.39, 0.29) is 11.9 Å². The normalized spacial score (nSPS) is 16.6. The van der Waals surface area contributed by atoms with Crippen molar-refractivity contribution in [2.24, 2.45) is 9.98 Å². The number of pyridine rings is 1. The molecular formula is C18H12FN3S. The van der Waals surface area contributed by atoms with E-state index in [1.165, 1.54) is 12.1 Å². The first-order chi connectivity index (χ1) is 11.3. The van der Waals surface area contributed by atoms with Crippen LogP contribution < -0.4 is 0 Å². The second-order valence-corrected chi connectivity index (χ2v) is 6.08. The van der Waals surface area contributed by atoms with Crippen LogP contribution in [0.3, 0.4) is 0 Å². The number of fused-ring (bicyclic) bond motifs is 1. The lowest BCUT2D eigenvalue weighted by atomic mass is 10.0. The van der Waals surface area contributed by atoms with Gasteiger partial charge in [-0.25, -0.2) is 14.4 Å². The van der Waals surface area contributed by atoms with E-state index in [0.717, 1.165) is 16.0 Å². The van der Waals surface area contributed by atoms with Gasteiger partial charge in [-0.2, -0.15) is 0 Å². The number of rotatable bonds is 2. The average molecular weight is 321 g/mol. The largest absolute Gasteiger partial charge is 0.269 e. The van der Waals surface area contributed by atoms with Crippen molar-refractivity contribution in [2.45, 2.75) is 6.04 Å². The number of nitrogens with zero attached hydrogens (tertiary/aromatic N) is 3. The Bertz CT molecular complexity index is 900. The van der Waals surface area contributed by atoms with Crippen molar-refractivity contribution < 1.29 is 4.39 Å². The Labute approximate surface area is 136 Å². The Kier molecular flexibility index (Phi) is 3.55. The van der Waals surface area contributed by atoms with Crippen molar-refractivity contribution in [3.8, 4) is 0 Å². The molecule has 3 heterocycles. The van der Waals surface area contributed by atoms with Crippen LogP contribution in [0.4, 0.5) is 10.2 Å². The number of thiophene rings is 1. The third kappa shape index (κ3) is 2.71. The average Bonchev–Trinajstić information content (AvgIpc) is 3.03. The van der Waals surface area contributed by atoms with Gasteiger partial charge in [0.25, 0.3) is 0 Å². The molecule has 0 N–H and O–H groups in total. The lowest BCUT2D eigenvalue weighted by Gasteiger charge is -2.10. The minimum atomic E-state index is -0.284. The second kappa shape index (κ2) is 5.85. The van der Waals surface area contributed by atoms with E-state index in [9.17, 15) is 4.39 Å². The fourth-order valence-electron chi connectivity index (χ4n) is 2.53. The fraction of sp³-hybridized carbons (Fsp3) is 0.0556. The van der Waals surface area contributed by atoms with E-state index in [2.05, 4.69) is 9.98 Å². The number of benzene rings is 1. The molecule has 1 aliphatic rings. The van der Waals surface area contributed by atoms with Crippen molar-refractivity contribution >= 4 is 29.1 Å². The molecule has 0 fully saturated rings. The molecule has 1 atom stereocenters. The summed E-state index contributed by atoms with van der Waals surface area (Å²) < 4.78 is 13.7. The van der Waals surface area contributed by atoms with Crippen LogP contribution >= 0.6 is 11.3 Å². The predicted molar refractivity (Wildman–Crippen MR) is 91.5 cm³/mol. The lowest BCUT2D eigenvalue weighted by molar-refractivity contribution is 0.627. The van der Waals surface area contributed by atoms with E-state index < -0.39 is 0 Å². The monoisotopic (exact) mass is 321 g/mol. The van der Waals surface area contributed by atoms with Crippen molar-refractivity contribution in [3.63, 3.8) is 0 Å². The molecule has 5 heteroatoms. The Hall–Kier alpha value is -2.66. The number of hydrogen-bond acceptors (Lipinski definition) is 4. The molecule has 0 bridgehead atoms. The fourth-order valence-corrected chi connectivity index (χ4v) is 3.25. The quantitative estimate of drug-likeness (QED) is 0.681. The van der Waals surface area contributed by atoms with Gasteiger partial charge in [-0.05, 0) is 35.7 Å². The minimum absolute atomic E-state index is 0.192. The summed E-state index contributed by atoms with van der Waals surface area (Å²) in [7, 11) is 0. The first-order valence-corrected chi connectivity index (χ1v) is 8.06. The van der Waals surface area contributed by atoms with Crippen LogP contribution in [0.15, 0.2) is 70.1 Å². The summed E-state index contributed by atoms with van der Waals surface area (Å²) in [5.41, 5.74) is 2.25. The van der Waals surface area contributed by atoms with Gasteiger partial charge < -0.3 is 0 Å². The van der Waals surface area contributed by atoms with Crippen molar-refractivity contribution in [1.29, 1.82) is 0 Å². The Morgan fingerprint density at radius 2 is 2.00 bits per heavy atom. The SMILES string of the molecule is Fc1cccc(C2=NC(c3cccs3)C=Nc3ncccc32)c1. The molecule has 1 unspecified atom stereocenters. The first kappa shape index (κ1) is 14.0. The molecule has 23 heavy (non-hydrogen) atoms. The number of halogens is 1. The van der Waals surface area contributed by atoms with E-state index in [1.807, 2.05) is 35.7 Å². The number of hydrogen-bond donors (Lipinski definition) is 0. The second-order valence-electron chi connectivity index (χ2n) is 5.10. The highest BCUT2D eigenvalue weighted by Crippen LogP contribution is 2.29. The molecule has 0 radical (unpaired) electrons.